The highest BCUT2D eigenvalue weighted by atomic mass is 32.2. The molecule has 5 nitrogen and oxygen atoms in total. The molecule has 1 N–H and O–H groups in total. The molecule has 1 aromatic heterocycles. The van der Waals surface area contributed by atoms with Gasteiger partial charge >= 0.3 is 0 Å². The topological polar surface area (TPSA) is 68.3 Å². The summed E-state index contributed by atoms with van der Waals surface area (Å²) >= 11 is 1.53. The maximum Gasteiger partial charge on any atom is 0.261 e. The summed E-state index contributed by atoms with van der Waals surface area (Å²) in [4.78, 5) is 4.65. The molecule has 7 heteroatoms. The number of aryl methyl sites for hydroxylation is 2. The molecule has 0 aliphatic heterocycles. The van der Waals surface area contributed by atoms with E-state index in [1.165, 1.54) is 11.3 Å². The number of ether oxygens (including phenoxy) is 1. The van der Waals surface area contributed by atoms with Crippen molar-refractivity contribution in [1.82, 2.24) is 4.98 Å². The molecular weight excluding hydrogens is 368 g/mol. The lowest BCUT2D eigenvalue weighted by molar-refractivity contribution is 0.337. The van der Waals surface area contributed by atoms with Crippen LogP contribution in [0.1, 0.15) is 17.5 Å². The van der Waals surface area contributed by atoms with Crippen molar-refractivity contribution in [2.75, 3.05) is 11.3 Å². The highest BCUT2D eigenvalue weighted by molar-refractivity contribution is 7.92. The van der Waals surface area contributed by atoms with E-state index in [-0.39, 0.29) is 4.90 Å². The molecular formula is C19H20N2O3S2. The summed E-state index contributed by atoms with van der Waals surface area (Å²) in [7, 11) is -3.72. The maximum absolute atomic E-state index is 12.8. The molecule has 0 saturated heterocycles. The van der Waals surface area contributed by atoms with E-state index in [0.717, 1.165) is 21.8 Å². The molecule has 1 heterocycles. The second-order valence-electron chi connectivity index (χ2n) is 5.76. The van der Waals surface area contributed by atoms with E-state index in [1.54, 1.807) is 30.3 Å². The second-order valence-corrected chi connectivity index (χ2v) is 8.51. The van der Waals surface area contributed by atoms with Crippen LogP contribution < -0.4 is 9.46 Å². The molecule has 0 amide bonds. The number of rotatable bonds is 6. The van der Waals surface area contributed by atoms with Crippen LogP contribution in [0.4, 0.5) is 5.69 Å². The molecule has 0 spiro atoms. The first-order chi connectivity index (χ1) is 12.4. The second kappa shape index (κ2) is 7.47. The summed E-state index contributed by atoms with van der Waals surface area (Å²) < 4.78 is 33.8. The van der Waals surface area contributed by atoms with Crippen molar-refractivity contribution in [3.8, 4) is 17.0 Å². The quantitative estimate of drug-likeness (QED) is 0.669. The van der Waals surface area contributed by atoms with Crippen LogP contribution >= 0.6 is 11.3 Å². The molecule has 0 saturated carbocycles. The molecule has 3 rings (SSSR count). The molecule has 136 valence electrons. The molecule has 26 heavy (non-hydrogen) atoms. The molecule has 0 radical (unpaired) electrons. The zero-order valence-electron chi connectivity index (χ0n) is 14.8. The molecule has 0 fully saturated rings. The van der Waals surface area contributed by atoms with Crippen LogP contribution in [0.25, 0.3) is 11.3 Å². The van der Waals surface area contributed by atoms with Gasteiger partial charge < -0.3 is 4.74 Å². The first kappa shape index (κ1) is 18.4. The number of sulfonamides is 1. The Kier molecular flexibility index (Phi) is 5.29. The predicted molar refractivity (Wildman–Crippen MR) is 105 cm³/mol. The van der Waals surface area contributed by atoms with Gasteiger partial charge in [0.2, 0.25) is 0 Å². The van der Waals surface area contributed by atoms with Gasteiger partial charge in [-0.25, -0.2) is 13.4 Å². The Labute approximate surface area is 157 Å². The van der Waals surface area contributed by atoms with Gasteiger partial charge in [0.05, 0.1) is 27.9 Å². The molecule has 3 aromatic rings. The Morgan fingerprint density at radius 1 is 1.15 bits per heavy atom. The third-order valence-electron chi connectivity index (χ3n) is 3.82. The van der Waals surface area contributed by atoms with Crippen LogP contribution in [0, 0.1) is 13.8 Å². The predicted octanol–water partition coefficient (Wildman–Crippen LogP) is 4.63. The fourth-order valence-electron chi connectivity index (χ4n) is 2.59. The molecule has 0 aliphatic rings. The summed E-state index contributed by atoms with van der Waals surface area (Å²) in [6, 6.07) is 12.1. The van der Waals surface area contributed by atoms with Crippen molar-refractivity contribution in [2.45, 2.75) is 25.7 Å². The van der Waals surface area contributed by atoms with E-state index < -0.39 is 10.0 Å². The van der Waals surface area contributed by atoms with Crippen LogP contribution in [0.2, 0.25) is 0 Å². The summed E-state index contributed by atoms with van der Waals surface area (Å²) in [6.45, 7) is 6.17. The van der Waals surface area contributed by atoms with E-state index in [4.69, 9.17) is 4.74 Å². The summed E-state index contributed by atoms with van der Waals surface area (Å²) in [5, 5.41) is 2.85. The molecule has 0 aliphatic carbocycles. The molecule has 2 aromatic carbocycles. The average Bonchev–Trinajstić information content (AvgIpc) is 3.03. The van der Waals surface area contributed by atoms with E-state index in [0.29, 0.717) is 18.0 Å². The summed E-state index contributed by atoms with van der Waals surface area (Å²) in [5.41, 5.74) is 2.79. The van der Waals surface area contributed by atoms with Crippen molar-refractivity contribution >= 4 is 27.0 Å². The normalized spacial score (nSPS) is 11.3. The number of thiazole rings is 1. The first-order valence-corrected chi connectivity index (χ1v) is 10.5. The van der Waals surface area contributed by atoms with Crippen molar-refractivity contribution in [3.05, 3.63) is 58.4 Å². The number of anilines is 1. The van der Waals surface area contributed by atoms with Gasteiger partial charge in [-0.1, -0.05) is 18.2 Å². The smallest absolute Gasteiger partial charge is 0.261 e. The van der Waals surface area contributed by atoms with E-state index in [9.17, 15) is 8.42 Å². The molecule has 0 bridgehead atoms. The summed E-state index contributed by atoms with van der Waals surface area (Å²) in [5.74, 6) is 0.685. The Morgan fingerprint density at radius 2 is 1.92 bits per heavy atom. The van der Waals surface area contributed by atoms with Gasteiger partial charge in [-0.2, -0.15) is 0 Å². The standard InChI is InChI=1S/C19H20N2O3S2/c1-4-24-19-10-9-15(11-13(19)2)26(22,23)21-17-8-6-5-7-16(17)18-12-25-14(3)20-18/h5-12,21H,4H2,1-3H3. The monoisotopic (exact) mass is 388 g/mol. The zero-order chi connectivity index (χ0) is 18.7. The lowest BCUT2D eigenvalue weighted by atomic mass is 10.1. The third-order valence-corrected chi connectivity index (χ3v) is 5.96. The first-order valence-electron chi connectivity index (χ1n) is 8.18. The van der Waals surface area contributed by atoms with E-state index >= 15 is 0 Å². The fraction of sp³-hybridized carbons (Fsp3) is 0.211. The highest BCUT2D eigenvalue weighted by Gasteiger charge is 2.18. The Bertz CT molecular complexity index is 1030. The lowest BCUT2D eigenvalue weighted by Crippen LogP contribution is -2.14. The summed E-state index contributed by atoms with van der Waals surface area (Å²) in [6.07, 6.45) is 0. The average molecular weight is 389 g/mol. The van der Waals surface area contributed by atoms with Gasteiger partial charge in [-0.15, -0.1) is 11.3 Å². The number of hydrogen-bond acceptors (Lipinski definition) is 5. The van der Waals surface area contributed by atoms with Crippen molar-refractivity contribution in [3.63, 3.8) is 0 Å². The van der Waals surface area contributed by atoms with Gasteiger partial charge in [0.25, 0.3) is 10.0 Å². The van der Waals surface area contributed by atoms with Crippen LogP contribution in [0.15, 0.2) is 52.7 Å². The van der Waals surface area contributed by atoms with Crippen LogP contribution in [-0.4, -0.2) is 20.0 Å². The number of benzene rings is 2. The fourth-order valence-corrected chi connectivity index (χ4v) is 4.37. The van der Waals surface area contributed by atoms with E-state index in [1.807, 2.05) is 38.3 Å². The van der Waals surface area contributed by atoms with Crippen molar-refractivity contribution in [2.24, 2.45) is 0 Å². The highest BCUT2D eigenvalue weighted by Crippen LogP contribution is 2.31. The number of nitrogens with one attached hydrogen (secondary N) is 1. The lowest BCUT2D eigenvalue weighted by Gasteiger charge is -2.13. The molecule has 0 unspecified atom stereocenters. The van der Waals surface area contributed by atoms with Gasteiger partial charge in [0, 0.05) is 10.9 Å². The SMILES string of the molecule is CCOc1ccc(S(=O)(=O)Nc2ccccc2-c2csc(C)n2)cc1C. The molecule has 0 atom stereocenters. The van der Waals surface area contributed by atoms with Crippen LogP contribution in [-0.2, 0) is 10.0 Å². The number of nitrogens with zero attached hydrogens (tertiary/aromatic N) is 1. The minimum absolute atomic E-state index is 0.197. The van der Waals surface area contributed by atoms with Gasteiger partial charge in [-0.05, 0) is 50.6 Å². The minimum Gasteiger partial charge on any atom is -0.494 e. The van der Waals surface area contributed by atoms with E-state index in [2.05, 4.69) is 9.71 Å². The van der Waals surface area contributed by atoms with Crippen LogP contribution in [0.3, 0.4) is 0 Å². The zero-order valence-corrected chi connectivity index (χ0v) is 16.4. The third kappa shape index (κ3) is 3.89. The largest absolute Gasteiger partial charge is 0.494 e. The number of hydrogen-bond donors (Lipinski definition) is 1. The Morgan fingerprint density at radius 3 is 2.58 bits per heavy atom. The maximum atomic E-state index is 12.8. The minimum atomic E-state index is -3.72. The van der Waals surface area contributed by atoms with Crippen molar-refractivity contribution in [1.29, 1.82) is 0 Å². The van der Waals surface area contributed by atoms with Gasteiger partial charge in [0.1, 0.15) is 5.75 Å². The number of aromatic nitrogens is 1. The van der Waals surface area contributed by atoms with Crippen molar-refractivity contribution < 1.29 is 13.2 Å². The van der Waals surface area contributed by atoms with Crippen LogP contribution in [0.5, 0.6) is 5.75 Å². The number of para-hydroxylation sites is 1. The van der Waals surface area contributed by atoms with Gasteiger partial charge in [-0.3, -0.25) is 4.72 Å². The Hall–Kier alpha value is -2.38. The Balaban J connectivity index is 1.95. The van der Waals surface area contributed by atoms with Gasteiger partial charge in [0.15, 0.2) is 0 Å².